The van der Waals surface area contributed by atoms with Crippen LogP contribution in [0.2, 0.25) is 0 Å². The molecule has 1 heterocycles. The van der Waals surface area contributed by atoms with Gasteiger partial charge in [-0.25, -0.2) is 8.42 Å². The van der Waals surface area contributed by atoms with E-state index in [1.54, 1.807) is 38.3 Å². The number of benzene rings is 2. The maximum atomic E-state index is 12.5. The number of aliphatic imine (C=N–C) groups is 1. The fraction of sp³-hybridized carbons (Fsp3) is 0.250. The molecule has 0 aliphatic carbocycles. The molecule has 3 rings (SSSR count). The van der Waals surface area contributed by atoms with E-state index >= 15 is 0 Å². The number of sulfonamides is 1. The zero-order chi connectivity index (χ0) is 18.6. The van der Waals surface area contributed by atoms with Crippen molar-refractivity contribution >= 4 is 20.8 Å². The van der Waals surface area contributed by atoms with Gasteiger partial charge in [-0.05, 0) is 55.2 Å². The zero-order valence-electron chi connectivity index (χ0n) is 14.9. The average molecular weight is 370 g/mol. The molecule has 1 N–H and O–H groups in total. The van der Waals surface area contributed by atoms with Crippen LogP contribution >= 0.6 is 0 Å². The molecular formula is C20H22N2O3S. The predicted octanol–water partition coefficient (Wildman–Crippen LogP) is 3.39. The number of aryl methyl sites for hydroxylation is 1. The van der Waals surface area contributed by atoms with Crippen LogP contribution in [0, 0.1) is 0 Å². The van der Waals surface area contributed by atoms with Gasteiger partial charge in [-0.3, -0.25) is 9.71 Å². The van der Waals surface area contributed by atoms with Crippen molar-refractivity contribution < 1.29 is 13.2 Å². The third kappa shape index (κ3) is 3.96. The Hall–Kier alpha value is -2.60. The summed E-state index contributed by atoms with van der Waals surface area (Å²) < 4.78 is 32.7. The van der Waals surface area contributed by atoms with Gasteiger partial charge in [-0.15, -0.1) is 0 Å². The van der Waals surface area contributed by atoms with E-state index in [1.807, 2.05) is 18.2 Å². The molecule has 0 amide bonds. The molecule has 0 saturated heterocycles. The summed E-state index contributed by atoms with van der Waals surface area (Å²) in [5.41, 5.74) is 2.53. The lowest BCUT2D eigenvalue weighted by atomic mass is 10.1. The summed E-state index contributed by atoms with van der Waals surface area (Å²) in [5.74, 6) is 1.12. The van der Waals surface area contributed by atoms with E-state index in [0.29, 0.717) is 29.3 Å². The lowest BCUT2D eigenvalue weighted by Gasteiger charge is -2.04. The van der Waals surface area contributed by atoms with Gasteiger partial charge in [-0.2, -0.15) is 0 Å². The standard InChI is InChI=1S/C20H22N2O3S/c1-15-19(17-10-12-18(25-2)13-11-17)26(23,24)22-20(15)21-14-6-9-16-7-4-3-5-8-16/h3-5,7-8,10-13H,6,9,14H2,1-2H3,(H,21,22). The first-order chi connectivity index (χ1) is 12.5. The maximum Gasteiger partial charge on any atom is 0.264 e. The van der Waals surface area contributed by atoms with Gasteiger partial charge in [0.15, 0.2) is 0 Å². The lowest BCUT2D eigenvalue weighted by molar-refractivity contribution is 0.415. The summed E-state index contributed by atoms with van der Waals surface area (Å²) in [6.45, 7) is 2.35. The minimum Gasteiger partial charge on any atom is -0.497 e. The minimum atomic E-state index is -3.59. The Kier molecular flexibility index (Phi) is 5.42. The molecule has 0 aromatic heterocycles. The van der Waals surface area contributed by atoms with Crippen LogP contribution in [0.25, 0.3) is 4.91 Å². The normalized spacial score (nSPS) is 17.4. The van der Waals surface area contributed by atoms with E-state index in [9.17, 15) is 8.42 Å². The Balaban J connectivity index is 1.75. The molecule has 1 aliphatic heterocycles. The number of hydrogen-bond donors (Lipinski definition) is 1. The molecule has 0 saturated carbocycles. The second-order valence-corrected chi connectivity index (χ2v) is 7.73. The van der Waals surface area contributed by atoms with Gasteiger partial charge in [0.25, 0.3) is 10.0 Å². The van der Waals surface area contributed by atoms with Crippen molar-refractivity contribution in [1.82, 2.24) is 4.72 Å². The third-order valence-corrected chi connectivity index (χ3v) is 5.83. The maximum absolute atomic E-state index is 12.5. The van der Waals surface area contributed by atoms with Gasteiger partial charge >= 0.3 is 0 Å². The molecule has 0 spiro atoms. The van der Waals surface area contributed by atoms with Crippen molar-refractivity contribution in [2.24, 2.45) is 4.99 Å². The van der Waals surface area contributed by atoms with Crippen LogP contribution in [0.3, 0.4) is 0 Å². The molecule has 0 unspecified atom stereocenters. The van der Waals surface area contributed by atoms with Crippen LogP contribution in [-0.4, -0.2) is 27.9 Å². The topological polar surface area (TPSA) is 67.8 Å². The summed E-state index contributed by atoms with van der Waals surface area (Å²) in [5, 5.41) is 0. The van der Waals surface area contributed by atoms with Crippen LogP contribution in [-0.2, 0) is 16.4 Å². The number of ether oxygens (including phenoxy) is 1. The average Bonchev–Trinajstić information content (AvgIpc) is 2.88. The summed E-state index contributed by atoms with van der Waals surface area (Å²) in [4.78, 5) is 4.75. The Morgan fingerprint density at radius 1 is 1.04 bits per heavy atom. The molecule has 2 aromatic carbocycles. The van der Waals surface area contributed by atoms with Crippen LogP contribution < -0.4 is 9.46 Å². The largest absolute Gasteiger partial charge is 0.497 e. The molecule has 0 radical (unpaired) electrons. The molecule has 5 nitrogen and oxygen atoms in total. The highest BCUT2D eigenvalue weighted by atomic mass is 32.2. The number of nitrogens with zero attached hydrogens (tertiary/aromatic N) is 1. The first-order valence-corrected chi connectivity index (χ1v) is 9.96. The van der Waals surface area contributed by atoms with Gasteiger partial charge in [0.1, 0.15) is 16.5 Å². The quantitative estimate of drug-likeness (QED) is 0.793. The van der Waals surface area contributed by atoms with Gasteiger partial charge in [0, 0.05) is 12.1 Å². The van der Waals surface area contributed by atoms with E-state index in [0.717, 1.165) is 12.8 Å². The van der Waals surface area contributed by atoms with Crippen LogP contribution in [0.4, 0.5) is 0 Å². The van der Waals surface area contributed by atoms with Crippen molar-refractivity contribution in [1.29, 1.82) is 0 Å². The fourth-order valence-corrected chi connectivity index (χ4v) is 4.47. The summed E-state index contributed by atoms with van der Waals surface area (Å²) >= 11 is 0. The molecule has 0 bridgehead atoms. The van der Waals surface area contributed by atoms with E-state index in [-0.39, 0.29) is 4.91 Å². The van der Waals surface area contributed by atoms with Gasteiger partial charge in [-0.1, -0.05) is 30.3 Å². The first kappa shape index (κ1) is 18.2. The number of methoxy groups -OCH3 is 1. The van der Waals surface area contributed by atoms with Crippen LogP contribution in [0.15, 0.2) is 65.2 Å². The number of rotatable bonds is 6. The molecule has 2 aromatic rings. The Bertz CT molecular complexity index is 931. The fourth-order valence-electron chi connectivity index (χ4n) is 2.95. The molecule has 1 aliphatic rings. The number of hydrogen-bond acceptors (Lipinski definition) is 4. The number of amidine groups is 1. The van der Waals surface area contributed by atoms with E-state index < -0.39 is 10.0 Å². The van der Waals surface area contributed by atoms with Crippen molar-refractivity contribution in [2.45, 2.75) is 19.8 Å². The van der Waals surface area contributed by atoms with Crippen LogP contribution in [0.5, 0.6) is 5.75 Å². The van der Waals surface area contributed by atoms with Crippen molar-refractivity contribution in [3.63, 3.8) is 0 Å². The van der Waals surface area contributed by atoms with Crippen molar-refractivity contribution in [3.8, 4) is 5.75 Å². The highest BCUT2D eigenvalue weighted by molar-refractivity contribution is 8.00. The summed E-state index contributed by atoms with van der Waals surface area (Å²) in [7, 11) is -2.01. The molecular weight excluding hydrogens is 348 g/mol. The molecule has 26 heavy (non-hydrogen) atoms. The summed E-state index contributed by atoms with van der Waals surface area (Å²) in [6.07, 6.45) is 1.78. The zero-order valence-corrected chi connectivity index (χ0v) is 15.7. The first-order valence-electron chi connectivity index (χ1n) is 8.48. The van der Waals surface area contributed by atoms with Gasteiger partial charge < -0.3 is 4.74 Å². The van der Waals surface area contributed by atoms with Gasteiger partial charge in [0.2, 0.25) is 0 Å². The molecule has 0 fully saturated rings. The smallest absolute Gasteiger partial charge is 0.264 e. The van der Waals surface area contributed by atoms with E-state index in [4.69, 9.17) is 4.74 Å². The molecule has 136 valence electrons. The van der Waals surface area contributed by atoms with Crippen LogP contribution in [0.1, 0.15) is 24.5 Å². The third-order valence-electron chi connectivity index (χ3n) is 4.28. The molecule has 6 heteroatoms. The van der Waals surface area contributed by atoms with E-state index in [2.05, 4.69) is 21.8 Å². The van der Waals surface area contributed by atoms with Gasteiger partial charge in [0.05, 0.1) is 7.11 Å². The lowest BCUT2D eigenvalue weighted by Crippen LogP contribution is -2.23. The monoisotopic (exact) mass is 370 g/mol. The number of nitrogens with one attached hydrogen (secondary N) is 1. The highest BCUT2D eigenvalue weighted by Crippen LogP contribution is 2.30. The minimum absolute atomic E-state index is 0.280. The highest BCUT2D eigenvalue weighted by Gasteiger charge is 2.32. The Labute approximate surface area is 154 Å². The Morgan fingerprint density at radius 3 is 2.38 bits per heavy atom. The van der Waals surface area contributed by atoms with Crippen molar-refractivity contribution in [3.05, 3.63) is 71.3 Å². The SMILES string of the molecule is COc1ccc(C2=C(C)C(=NCCCc3ccccc3)NS2(=O)=O)cc1. The van der Waals surface area contributed by atoms with Crippen molar-refractivity contribution in [2.75, 3.05) is 13.7 Å². The second-order valence-electron chi connectivity index (χ2n) is 6.11. The molecule has 0 atom stereocenters. The Morgan fingerprint density at radius 2 is 1.73 bits per heavy atom. The second kappa shape index (κ2) is 7.74. The summed E-state index contributed by atoms with van der Waals surface area (Å²) in [6, 6.07) is 17.2. The van der Waals surface area contributed by atoms with E-state index in [1.165, 1.54) is 5.56 Å². The predicted molar refractivity (Wildman–Crippen MR) is 105 cm³/mol.